The first-order valence-corrected chi connectivity index (χ1v) is 6.92. The average Bonchev–Trinajstić information content (AvgIpc) is 2.39. The van der Waals surface area contributed by atoms with Crippen LogP contribution in [-0.4, -0.2) is 42.6 Å². The van der Waals surface area contributed by atoms with Crippen molar-refractivity contribution < 1.29 is 4.39 Å². The van der Waals surface area contributed by atoms with Gasteiger partial charge in [-0.2, -0.15) is 0 Å². The molecule has 1 aromatic heterocycles. The molecule has 19 heavy (non-hydrogen) atoms. The molecule has 0 bridgehead atoms. The van der Waals surface area contributed by atoms with Crippen molar-refractivity contribution >= 4 is 5.82 Å². The molecular weight excluding hydrogens is 243 g/mol. The third kappa shape index (κ3) is 3.42. The largest absolute Gasteiger partial charge is 0.352 e. The van der Waals surface area contributed by atoms with Gasteiger partial charge in [0.05, 0.1) is 0 Å². The van der Waals surface area contributed by atoms with Crippen LogP contribution in [0.15, 0.2) is 12.3 Å². The molecule has 106 valence electrons. The molecule has 1 aliphatic heterocycles. The monoisotopic (exact) mass is 266 g/mol. The van der Waals surface area contributed by atoms with Gasteiger partial charge >= 0.3 is 0 Å². The zero-order valence-corrected chi connectivity index (χ0v) is 11.8. The Hall–Kier alpha value is -1.20. The van der Waals surface area contributed by atoms with Crippen LogP contribution in [0, 0.1) is 11.7 Å². The molecule has 0 aliphatic carbocycles. The first kappa shape index (κ1) is 14.2. The van der Waals surface area contributed by atoms with Gasteiger partial charge in [-0.1, -0.05) is 13.8 Å². The van der Waals surface area contributed by atoms with Crippen molar-refractivity contribution in [3.63, 3.8) is 0 Å². The minimum Gasteiger partial charge on any atom is -0.352 e. The van der Waals surface area contributed by atoms with Crippen molar-refractivity contribution in [2.45, 2.75) is 20.4 Å². The highest BCUT2D eigenvalue weighted by atomic mass is 19.1. The zero-order valence-electron chi connectivity index (χ0n) is 11.8. The summed E-state index contributed by atoms with van der Waals surface area (Å²) in [6.07, 6.45) is 1.64. The third-order valence-electron chi connectivity index (χ3n) is 3.47. The van der Waals surface area contributed by atoms with Gasteiger partial charge in [0, 0.05) is 51.0 Å². The molecule has 4 nitrogen and oxygen atoms in total. The zero-order chi connectivity index (χ0) is 13.8. The van der Waals surface area contributed by atoms with Crippen molar-refractivity contribution in [3.8, 4) is 0 Å². The van der Waals surface area contributed by atoms with E-state index in [0.717, 1.165) is 32.7 Å². The van der Waals surface area contributed by atoms with Gasteiger partial charge in [-0.3, -0.25) is 4.90 Å². The lowest BCUT2D eigenvalue weighted by Gasteiger charge is -2.36. The lowest BCUT2D eigenvalue weighted by molar-refractivity contribution is 0.230. The molecule has 0 aromatic carbocycles. The number of pyridine rings is 1. The Morgan fingerprint density at radius 1 is 1.32 bits per heavy atom. The summed E-state index contributed by atoms with van der Waals surface area (Å²) < 4.78 is 14.2. The molecule has 2 N–H and O–H groups in total. The minimum atomic E-state index is -0.262. The summed E-state index contributed by atoms with van der Waals surface area (Å²) in [6.45, 7) is 9.34. The van der Waals surface area contributed by atoms with E-state index in [0.29, 0.717) is 17.3 Å². The minimum absolute atomic E-state index is 0.217. The molecule has 0 spiro atoms. The maximum Gasteiger partial charge on any atom is 0.170 e. The second-order valence-corrected chi connectivity index (χ2v) is 5.49. The number of hydrogen-bond acceptors (Lipinski definition) is 4. The summed E-state index contributed by atoms with van der Waals surface area (Å²) in [5, 5.41) is 0. The van der Waals surface area contributed by atoms with Gasteiger partial charge in [-0.25, -0.2) is 9.37 Å². The number of rotatable bonds is 4. The maximum atomic E-state index is 14.2. The molecule has 1 aliphatic rings. The van der Waals surface area contributed by atoms with Crippen molar-refractivity contribution in [3.05, 3.63) is 23.6 Å². The van der Waals surface area contributed by atoms with E-state index >= 15 is 0 Å². The van der Waals surface area contributed by atoms with Gasteiger partial charge in [-0.05, 0) is 12.0 Å². The number of halogens is 1. The van der Waals surface area contributed by atoms with Crippen LogP contribution in [0.3, 0.4) is 0 Å². The highest BCUT2D eigenvalue weighted by molar-refractivity contribution is 5.43. The predicted molar refractivity (Wildman–Crippen MR) is 75.6 cm³/mol. The first-order valence-electron chi connectivity index (χ1n) is 6.92. The quantitative estimate of drug-likeness (QED) is 0.896. The summed E-state index contributed by atoms with van der Waals surface area (Å²) >= 11 is 0. The molecule has 0 unspecified atom stereocenters. The van der Waals surface area contributed by atoms with Gasteiger partial charge in [0.2, 0.25) is 0 Å². The number of nitrogens with two attached hydrogens (primary N) is 1. The normalized spacial score (nSPS) is 17.2. The number of nitrogens with zero attached hydrogens (tertiary/aromatic N) is 3. The summed E-state index contributed by atoms with van der Waals surface area (Å²) in [5.74, 6) is 0.858. The molecule has 0 radical (unpaired) electrons. The number of anilines is 1. The molecule has 1 aromatic rings. The summed E-state index contributed by atoms with van der Waals surface area (Å²) in [6, 6.07) is 1.65. The van der Waals surface area contributed by atoms with Crippen LogP contribution in [0.2, 0.25) is 0 Å². The smallest absolute Gasteiger partial charge is 0.170 e. The topological polar surface area (TPSA) is 45.4 Å². The van der Waals surface area contributed by atoms with E-state index in [9.17, 15) is 4.39 Å². The lowest BCUT2D eigenvalue weighted by Crippen LogP contribution is -2.48. The summed E-state index contributed by atoms with van der Waals surface area (Å²) in [7, 11) is 0. The molecule has 2 heterocycles. The van der Waals surface area contributed by atoms with Gasteiger partial charge in [0.1, 0.15) is 0 Å². The number of piperazine rings is 1. The van der Waals surface area contributed by atoms with Crippen LogP contribution in [0.25, 0.3) is 0 Å². The SMILES string of the molecule is CC(C)CN1CCN(c2nccc(CN)c2F)CC1. The Bertz CT molecular complexity index is 414. The first-order chi connectivity index (χ1) is 9.11. The van der Waals surface area contributed by atoms with Crippen molar-refractivity contribution in [1.29, 1.82) is 0 Å². The van der Waals surface area contributed by atoms with Crippen LogP contribution in [-0.2, 0) is 6.54 Å². The van der Waals surface area contributed by atoms with Crippen molar-refractivity contribution in [2.24, 2.45) is 11.7 Å². The standard InChI is InChI=1S/C14H23FN4/c1-11(2)10-18-5-7-19(8-6-18)14-13(15)12(9-16)3-4-17-14/h3-4,11H,5-10,16H2,1-2H3. The van der Waals surface area contributed by atoms with Crippen LogP contribution in [0.5, 0.6) is 0 Å². The highest BCUT2D eigenvalue weighted by Crippen LogP contribution is 2.20. The Balaban J connectivity index is 2.01. The molecule has 1 saturated heterocycles. The van der Waals surface area contributed by atoms with E-state index in [1.807, 2.05) is 4.90 Å². The van der Waals surface area contributed by atoms with E-state index in [2.05, 4.69) is 23.7 Å². The van der Waals surface area contributed by atoms with E-state index < -0.39 is 0 Å². The average molecular weight is 266 g/mol. The third-order valence-corrected chi connectivity index (χ3v) is 3.47. The fourth-order valence-corrected chi connectivity index (χ4v) is 2.51. The van der Waals surface area contributed by atoms with Crippen LogP contribution < -0.4 is 10.6 Å². The Kier molecular flexibility index (Phi) is 4.71. The molecule has 2 rings (SSSR count). The summed E-state index contributed by atoms with van der Waals surface area (Å²) in [4.78, 5) is 8.62. The Morgan fingerprint density at radius 2 is 2.00 bits per heavy atom. The van der Waals surface area contributed by atoms with Crippen LogP contribution in [0.4, 0.5) is 10.2 Å². The lowest BCUT2D eigenvalue weighted by atomic mass is 10.2. The van der Waals surface area contributed by atoms with Gasteiger partial charge in [0.15, 0.2) is 11.6 Å². The number of aromatic nitrogens is 1. The molecule has 1 fully saturated rings. The van der Waals surface area contributed by atoms with E-state index in [-0.39, 0.29) is 12.4 Å². The van der Waals surface area contributed by atoms with Crippen LogP contribution >= 0.6 is 0 Å². The molecule has 5 heteroatoms. The van der Waals surface area contributed by atoms with Gasteiger partial charge < -0.3 is 10.6 Å². The fourth-order valence-electron chi connectivity index (χ4n) is 2.51. The number of hydrogen-bond donors (Lipinski definition) is 1. The Labute approximate surface area is 114 Å². The molecule has 0 saturated carbocycles. The van der Waals surface area contributed by atoms with E-state index in [1.54, 1.807) is 12.3 Å². The highest BCUT2D eigenvalue weighted by Gasteiger charge is 2.21. The summed E-state index contributed by atoms with van der Waals surface area (Å²) in [5.41, 5.74) is 6.07. The second kappa shape index (κ2) is 6.30. The van der Waals surface area contributed by atoms with Gasteiger partial charge in [-0.15, -0.1) is 0 Å². The van der Waals surface area contributed by atoms with E-state index in [1.165, 1.54) is 0 Å². The predicted octanol–water partition coefficient (Wildman–Crippen LogP) is 1.46. The molecular formula is C14H23FN4. The Morgan fingerprint density at radius 3 is 2.58 bits per heavy atom. The van der Waals surface area contributed by atoms with Crippen LogP contribution in [0.1, 0.15) is 19.4 Å². The molecule has 0 amide bonds. The second-order valence-electron chi connectivity index (χ2n) is 5.49. The van der Waals surface area contributed by atoms with E-state index in [4.69, 9.17) is 5.73 Å². The maximum absolute atomic E-state index is 14.2. The fraction of sp³-hybridized carbons (Fsp3) is 0.643. The van der Waals surface area contributed by atoms with Crippen molar-refractivity contribution in [2.75, 3.05) is 37.6 Å². The van der Waals surface area contributed by atoms with Crippen molar-refractivity contribution in [1.82, 2.24) is 9.88 Å². The van der Waals surface area contributed by atoms with Gasteiger partial charge in [0.25, 0.3) is 0 Å². The molecule has 0 atom stereocenters.